The van der Waals surface area contributed by atoms with Crippen LogP contribution in [0.25, 0.3) is 0 Å². The molecule has 0 heterocycles. The third-order valence-electron chi connectivity index (χ3n) is 13.0. The van der Waals surface area contributed by atoms with Gasteiger partial charge in [-0.05, 0) is 109 Å². The van der Waals surface area contributed by atoms with Crippen LogP contribution in [0, 0.1) is 50.7 Å². The van der Waals surface area contributed by atoms with E-state index < -0.39 is 0 Å². The van der Waals surface area contributed by atoms with Gasteiger partial charge in [-0.3, -0.25) is 0 Å². The van der Waals surface area contributed by atoms with Crippen molar-refractivity contribution in [2.75, 3.05) is 0 Å². The van der Waals surface area contributed by atoms with Gasteiger partial charge in [-0.1, -0.05) is 100 Å². The van der Waals surface area contributed by atoms with Gasteiger partial charge in [0.1, 0.15) is 0 Å². The summed E-state index contributed by atoms with van der Waals surface area (Å²) in [6, 6.07) is 0. The van der Waals surface area contributed by atoms with E-state index in [4.69, 9.17) is 6.58 Å². The minimum absolute atomic E-state index is 0.344. The third kappa shape index (κ3) is 4.44. The molecule has 4 fully saturated rings. The molecular formula is C35H64. The minimum atomic E-state index is 0.344. The molecule has 0 aromatic rings. The molecule has 0 saturated heterocycles. The van der Waals surface area contributed by atoms with E-state index in [1.54, 1.807) is 0 Å². The van der Waals surface area contributed by atoms with E-state index in [1.807, 2.05) is 13.8 Å². The van der Waals surface area contributed by atoms with Crippen molar-refractivity contribution in [2.45, 2.75) is 146 Å². The molecule has 0 nitrogen and oxygen atoms in total. The van der Waals surface area contributed by atoms with Crippen LogP contribution in [0.5, 0.6) is 0 Å². The van der Waals surface area contributed by atoms with Crippen LogP contribution in [0.3, 0.4) is 0 Å². The van der Waals surface area contributed by atoms with Gasteiger partial charge < -0.3 is 0 Å². The van der Waals surface area contributed by atoms with Gasteiger partial charge in [0.25, 0.3) is 0 Å². The lowest BCUT2D eigenvalue weighted by atomic mass is 9.40. The molecule has 0 aromatic heterocycles. The van der Waals surface area contributed by atoms with Crippen LogP contribution in [-0.2, 0) is 0 Å². The van der Waals surface area contributed by atoms with E-state index in [2.05, 4.69) is 68.5 Å². The van der Waals surface area contributed by atoms with Crippen molar-refractivity contribution < 1.29 is 0 Å². The summed E-state index contributed by atoms with van der Waals surface area (Å²) in [5, 5.41) is 0. The number of unbranched alkanes of at least 4 members (excludes halogenated alkanes) is 1. The van der Waals surface area contributed by atoms with Crippen molar-refractivity contribution in [2.24, 2.45) is 50.7 Å². The summed E-state index contributed by atoms with van der Waals surface area (Å²) in [5.41, 5.74) is 3.95. The molecule has 4 aliphatic rings. The predicted molar refractivity (Wildman–Crippen MR) is 159 cm³/mol. The molecule has 0 bridgehead atoms. The summed E-state index contributed by atoms with van der Waals surface area (Å²) in [4.78, 5) is 0. The van der Waals surface area contributed by atoms with Gasteiger partial charge in [-0.2, -0.15) is 0 Å². The summed E-state index contributed by atoms with van der Waals surface area (Å²) in [5.74, 6) is 3.67. The van der Waals surface area contributed by atoms with Crippen molar-refractivity contribution in [3.05, 3.63) is 25.3 Å². The van der Waals surface area contributed by atoms with Crippen LogP contribution in [-0.4, -0.2) is 0 Å². The number of allylic oxidation sites excluding steroid dienone is 1. The van der Waals surface area contributed by atoms with E-state index in [-0.39, 0.29) is 0 Å². The van der Waals surface area contributed by atoms with Gasteiger partial charge >= 0.3 is 0 Å². The SMILES string of the molecule is C=C.C=C(C)C1([C@]2(C)CCC([C@H](C)CCCC)[C@@]2(C)CC)CC2CC23C[C@@H](C)CC[C@]3(C)C1.CC. The second-order valence-electron chi connectivity index (χ2n) is 14.1. The van der Waals surface area contributed by atoms with E-state index >= 15 is 0 Å². The highest BCUT2D eigenvalue weighted by atomic mass is 14.8. The van der Waals surface area contributed by atoms with Gasteiger partial charge in [0.05, 0.1) is 0 Å². The highest BCUT2D eigenvalue weighted by Gasteiger charge is 2.75. The van der Waals surface area contributed by atoms with E-state index in [9.17, 15) is 0 Å². The Morgan fingerprint density at radius 3 is 2.14 bits per heavy atom. The molecule has 4 rings (SSSR count). The number of hydrogen-bond donors (Lipinski definition) is 0. The largest absolute Gasteiger partial charge is 0.106 e. The first-order valence-electron chi connectivity index (χ1n) is 15.6. The highest BCUT2D eigenvalue weighted by Crippen LogP contribution is 2.83. The second kappa shape index (κ2) is 11.1. The monoisotopic (exact) mass is 485 g/mol. The molecule has 4 saturated carbocycles. The molecule has 0 aliphatic heterocycles. The molecule has 0 N–H and O–H groups in total. The maximum atomic E-state index is 4.79. The van der Waals surface area contributed by atoms with Crippen LogP contribution in [0.1, 0.15) is 146 Å². The van der Waals surface area contributed by atoms with Gasteiger partial charge in [0, 0.05) is 0 Å². The lowest BCUT2D eigenvalue weighted by Gasteiger charge is -2.64. The molecule has 4 unspecified atom stereocenters. The Kier molecular flexibility index (Phi) is 9.71. The second-order valence-corrected chi connectivity index (χ2v) is 14.1. The number of rotatable bonds is 7. The third-order valence-corrected chi connectivity index (χ3v) is 13.0. The molecule has 0 heteroatoms. The minimum Gasteiger partial charge on any atom is -0.106 e. The van der Waals surface area contributed by atoms with E-state index in [0.717, 1.165) is 23.7 Å². The van der Waals surface area contributed by atoms with Crippen molar-refractivity contribution in [1.82, 2.24) is 0 Å². The highest BCUT2D eigenvalue weighted by molar-refractivity contribution is 5.30. The molecule has 9 atom stereocenters. The maximum absolute atomic E-state index is 4.79. The summed E-state index contributed by atoms with van der Waals surface area (Å²) in [7, 11) is 0. The predicted octanol–water partition coefficient (Wildman–Crippen LogP) is 11.7. The van der Waals surface area contributed by atoms with Crippen LogP contribution in [0.2, 0.25) is 0 Å². The molecule has 204 valence electrons. The molecule has 0 radical (unpaired) electrons. The molecule has 0 amide bonds. The lowest BCUT2D eigenvalue weighted by molar-refractivity contribution is -0.126. The molecule has 4 aliphatic carbocycles. The van der Waals surface area contributed by atoms with Crippen molar-refractivity contribution >= 4 is 0 Å². The molecule has 0 aromatic carbocycles. The standard InChI is InChI=1S/C31H54.C2H6.C2H4/c1-10-12-13-24(6)26-15-17-29(9,28(26,8)11-2)31(22(3)4)20-25-19-30(25)18-23(5)14-16-27(30,7)21-31;2*1-2/h23-26H,3,10-21H2,1-2,4-9H3;1-2H3;1-2H2/t23-,24+,25?,26?,27+,28+,29+,30?,31?;;/m0../s1. The van der Waals surface area contributed by atoms with Crippen LogP contribution in [0.15, 0.2) is 25.3 Å². The zero-order valence-electron chi connectivity index (χ0n) is 25.9. The van der Waals surface area contributed by atoms with E-state index in [0.29, 0.717) is 27.1 Å². The van der Waals surface area contributed by atoms with Crippen molar-refractivity contribution in [1.29, 1.82) is 0 Å². The zero-order valence-corrected chi connectivity index (χ0v) is 25.9. The van der Waals surface area contributed by atoms with Crippen molar-refractivity contribution in [3.8, 4) is 0 Å². The Morgan fingerprint density at radius 1 is 0.971 bits per heavy atom. The molecular weight excluding hydrogens is 420 g/mol. The van der Waals surface area contributed by atoms with Gasteiger partial charge in [0.2, 0.25) is 0 Å². The van der Waals surface area contributed by atoms with Crippen LogP contribution < -0.4 is 0 Å². The molecule has 35 heavy (non-hydrogen) atoms. The Balaban J connectivity index is 0.00000103. The fourth-order valence-corrected chi connectivity index (χ4v) is 10.6. The normalized spacial score (nSPS) is 46.6. The lowest BCUT2D eigenvalue weighted by Crippen LogP contribution is -2.56. The Hall–Kier alpha value is -0.520. The fraction of sp³-hybridized carbons (Fsp3) is 0.886. The van der Waals surface area contributed by atoms with Crippen LogP contribution >= 0.6 is 0 Å². The Labute approximate surface area is 222 Å². The zero-order chi connectivity index (χ0) is 26.9. The summed E-state index contributed by atoms with van der Waals surface area (Å²) in [6.45, 7) is 35.4. The summed E-state index contributed by atoms with van der Waals surface area (Å²) >= 11 is 0. The quantitative estimate of drug-likeness (QED) is 0.315. The first-order chi connectivity index (χ1) is 16.5. The van der Waals surface area contributed by atoms with Crippen LogP contribution in [0.4, 0.5) is 0 Å². The van der Waals surface area contributed by atoms with E-state index in [1.165, 1.54) is 82.6 Å². The average molecular weight is 485 g/mol. The Bertz CT molecular complexity index is 720. The topological polar surface area (TPSA) is 0 Å². The van der Waals surface area contributed by atoms with Gasteiger partial charge in [-0.25, -0.2) is 0 Å². The molecule has 1 spiro atoms. The summed E-state index contributed by atoms with van der Waals surface area (Å²) < 4.78 is 0. The fourth-order valence-electron chi connectivity index (χ4n) is 10.6. The van der Waals surface area contributed by atoms with Crippen molar-refractivity contribution in [3.63, 3.8) is 0 Å². The number of hydrogen-bond acceptors (Lipinski definition) is 0. The summed E-state index contributed by atoms with van der Waals surface area (Å²) in [6.07, 6.45) is 17.2. The first kappa shape index (κ1) is 30.7. The smallest absolute Gasteiger partial charge is 0.00263 e. The van der Waals surface area contributed by atoms with Gasteiger partial charge in [0.15, 0.2) is 0 Å². The first-order valence-corrected chi connectivity index (χ1v) is 15.6. The van der Waals surface area contributed by atoms with Gasteiger partial charge in [-0.15, -0.1) is 13.2 Å². The Morgan fingerprint density at radius 2 is 1.60 bits per heavy atom. The maximum Gasteiger partial charge on any atom is -0.00263 e. The average Bonchev–Trinajstić information content (AvgIpc) is 3.48.